The van der Waals surface area contributed by atoms with E-state index in [1.807, 2.05) is 20.8 Å². The van der Waals surface area contributed by atoms with E-state index in [1.165, 1.54) is 24.3 Å². The predicted octanol–water partition coefficient (Wildman–Crippen LogP) is 4.70. The third-order valence-corrected chi connectivity index (χ3v) is 7.57. The molecule has 212 valence electrons. The Morgan fingerprint density at radius 3 is 2.31 bits per heavy atom. The Morgan fingerprint density at radius 1 is 1.05 bits per heavy atom. The van der Waals surface area contributed by atoms with E-state index >= 15 is 0 Å². The maximum absolute atomic E-state index is 13.3. The summed E-state index contributed by atoms with van der Waals surface area (Å²) < 4.78 is 44.0. The Kier molecular flexibility index (Phi) is 7.59. The van der Waals surface area contributed by atoms with Crippen LogP contribution in [0.5, 0.6) is 0 Å². The molecule has 3 N–H and O–H groups in total. The SMILES string of the molecule is CC(C)(C)N[C@@H]1CC[C@H](N2CCC(NC(=O)c3ccc(-c4ccc(C(F)(F)F)cc4)o3)C2=O)[C@](C)(C(=O)O)C1. The molecule has 39 heavy (non-hydrogen) atoms. The van der Waals surface area contributed by atoms with Crippen LogP contribution in [0.2, 0.25) is 0 Å². The minimum Gasteiger partial charge on any atom is -0.481 e. The third-order valence-electron chi connectivity index (χ3n) is 7.57. The van der Waals surface area contributed by atoms with Gasteiger partial charge in [-0.1, -0.05) is 12.1 Å². The number of alkyl halides is 3. The van der Waals surface area contributed by atoms with Gasteiger partial charge in [-0.05, 0) is 77.6 Å². The van der Waals surface area contributed by atoms with Crippen LogP contribution >= 0.6 is 0 Å². The molecule has 1 aliphatic carbocycles. The second kappa shape index (κ2) is 10.3. The summed E-state index contributed by atoms with van der Waals surface area (Å²) in [6.07, 6.45) is -2.50. The number of carbonyl (C=O) groups is 3. The van der Waals surface area contributed by atoms with Crippen molar-refractivity contribution in [3.63, 3.8) is 0 Å². The molecule has 2 amide bonds. The quantitative estimate of drug-likeness (QED) is 0.482. The summed E-state index contributed by atoms with van der Waals surface area (Å²) in [7, 11) is 0. The van der Waals surface area contributed by atoms with E-state index in [4.69, 9.17) is 4.42 Å². The highest BCUT2D eigenvalue weighted by Gasteiger charge is 2.52. The van der Waals surface area contributed by atoms with Gasteiger partial charge in [0, 0.05) is 29.7 Å². The second-order valence-corrected chi connectivity index (χ2v) is 11.7. The molecule has 0 radical (unpaired) electrons. The van der Waals surface area contributed by atoms with Gasteiger partial charge in [-0.15, -0.1) is 0 Å². The number of hydrogen-bond donors (Lipinski definition) is 3. The maximum Gasteiger partial charge on any atom is 0.416 e. The molecular formula is C28H34F3N3O5. The van der Waals surface area contributed by atoms with Gasteiger partial charge in [0.05, 0.1) is 11.0 Å². The lowest BCUT2D eigenvalue weighted by molar-refractivity contribution is -0.158. The molecule has 1 saturated heterocycles. The maximum atomic E-state index is 13.3. The monoisotopic (exact) mass is 549 g/mol. The fourth-order valence-corrected chi connectivity index (χ4v) is 5.71. The number of carboxylic acids is 1. The predicted molar refractivity (Wildman–Crippen MR) is 137 cm³/mol. The fourth-order valence-electron chi connectivity index (χ4n) is 5.71. The Morgan fingerprint density at radius 2 is 1.72 bits per heavy atom. The summed E-state index contributed by atoms with van der Waals surface area (Å²) >= 11 is 0. The molecule has 2 aromatic rings. The van der Waals surface area contributed by atoms with Gasteiger partial charge in [-0.25, -0.2) is 0 Å². The van der Waals surface area contributed by atoms with Gasteiger partial charge in [-0.2, -0.15) is 13.2 Å². The number of hydrogen-bond acceptors (Lipinski definition) is 5. The number of halogens is 3. The van der Waals surface area contributed by atoms with Gasteiger partial charge in [-0.3, -0.25) is 14.4 Å². The van der Waals surface area contributed by atoms with Crippen LogP contribution in [0.15, 0.2) is 40.8 Å². The van der Waals surface area contributed by atoms with Crippen LogP contribution in [-0.4, -0.2) is 58.0 Å². The van der Waals surface area contributed by atoms with Crippen LogP contribution in [0.25, 0.3) is 11.3 Å². The van der Waals surface area contributed by atoms with Gasteiger partial charge in [0.1, 0.15) is 11.8 Å². The number of carboxylic acid groups (broad SMARTS) is 1. The van der Waals surface area contributed by atoms with E-state index in [0.29, 0.717) is 31.4 Å². The number of nitrogens with one attached hydrogen (secondary N) is 2. The van der Waals surface area contributed by atoms with E-state index in [2.05, 4.69) is 10.6 Å². The summed E-state index contributed by atoms with van der Waals surface area (Å²) in [4.78, 5) is 40.1. The third kappa shape index (κ3) is 6.13. The molecule has 8 nitrogen and oxygen atoms in total. The molecule has 1 saturated carbocycles. The lowest BCUT2D eigenvalue weighted by Crippen LogP contribution is -2.59. The average molecular weight is 550 g/mol. The van der Waals surface area contributed by atoms with Crippen LogP contribution in [0, 0.1) is 5.41 Å². The van der Waals surface area contributed by atoms with Crippen molar-refractivity contribution in [1.29, 1.82) is 0 Å². The molecule has 1 unspecified atom stereocenters. The summed E-state index contributed by atoms with van der Waals surface area (Å²) in [6, 6.07) is 5.92. The average Bonchev–Trinajstić information content (AvgIpc) is 3.46. The first-order valence-corrected chi connectivity index (χ1v) is 13.0. The minimum absolute atomic E-state index is 0.00775. The first kappa shape index (κ1) is 28.7. The summed E-state index contributed by atoms with van der Waals surface area (Å²) in [5, 5.41) is 16.3. The smallest absolute Gasteiger partial charge is 0.416 e. The molecule has 2 aliphatic rings. The fraction of sp³-hybridized carbons (Fsp3) is 0.536. The van der Waals surface area contributed by atoms with Crippen molar-refractivity contribution < 1.29 is 37.1 Å². The summed E-state index contributed by atoms with van der Waals surface area (Å²) in [5.74, 6) is -1.80. The van der Waals surface area contributed by atoms with Gasteiger partial charge in [0.15, 0.2) is 5.76 Å². The Bertz CT molecular complexity index is 1230. The van der Waals surface area contributed by atoms with Crippen LogP contribution in [0.1, 0.15) is 69.5 Å². The number of amides is 2. The number of aliphatic carboxylic acids is 1. The van der Waals surface area contributed by atoms with Crippen LogP contribution in [0.4, 0.5) is 13.2 Å². The van der Waals surface area contributed by atoms with E-state index in [0.717, 1.165) is 18.6 Å². The second-order valence-electron chi connectivity index (χ2n) is 11.7. The molecule has 11 heteroatoms. The van der Waals surface area contributed by atoms with Crippen molar-refractivity contribution in [2.24, 2.45) is 5.41 Å². The number of nitrogens with zero attached hydrogens (tertiary/aromatic N) is 1. The molecule has 2 heterocycles. The summed E-state index contributed by atoms with van der Waals surface area (Å²) in [5.41, 5.74) is -1.74. The van der Waals surface area contributed by atoms with E-state index in [-0.39, 0.29) is 29.0 Å². The van der Waals surface area contributed by atoms with Crippen LogP contribution in [-0.2, 0) is 15.8 Å². The molecule has 2 fully saturated rings. The molecule has 1 aromatic heterocycles. The molecule has 1 aliphatic heterocycles. The van der Waals surface area contributed by atoms with Crippen LogP contribution < -0.4 is 10.6 Å². The minimum atomic E-state index is -4.46. The van der Waals surface area contributed by atoms with Crippen molar-refractivity contribution >= 4 is 17.8 Å². The first-order valence-electron chi connectivity index (χ1n) is 13.0. The molecule has 1 aromatic carbocycles. The topological polar surface area (TPSA) is 112 Å². The van der Waals surface area contributed by atoms with Gasteiger partial charge >= 0.3 is 12.1 Å². The van der Waals surface area contributed by atoms with Crippen molar-refractivity contribution in [1.82, 2.24) is 15.5 Å². The molecule has 4 rings (SSSR count). The number of benzene rings is 1. The number of rotatable bonds is 6. The standard InChI is InChI=1S/C28H34F3N3O5/c1-26(2,3)33-18-9-12-22(27(4,15-18)25(37)38)34-14-13-19(24(34)36)32-23(35)21-11-10-20(39-21)16-5-7-17(8-6-16)28(29,30)31/h5-8,10-11,18-19,22,33H,9,12-15H2,1-4H3,(H,32,35)(H,37,38)/t18-,19?,22+,27-/m1/s1. The van der Waals surface area contributed by atoms with E-state index in [1.54, 1.807) is 11.8 Å². The normalized spacial score (nSPS) is 26.1. The molecule has 0 bridgehead atoms. The van der Waals surface area contributed by atoms with E-state index < -0.39 is 41.1 Å². The van der Waals surface area contributed by atoms with Crippen LogP contribution in [0.3, 0.4) is 0 Å². The molecular weight excluding hydrogens is 515 g/mol. The Balaban J connectivity index is 1.42. The van der Waals surface area contributed by atoms with Crippen molar-refractivity contribution in [2.75, 3.05) is 6.54 Å². The number of furan rings is 1. The van der Waals surface area contributed by atoms with Crippen molar-refractivity contribution in [3.05, 3.63) is 47.7 Å². The first-order chi connectivity index (χ1) is 18.1. The lowest BCUT2D eigenvalue weighted by Gasteiger charge is -2.47. The van der Waals surface area contributed by atoms with Gasteiger partial charge < -0.3 is 25.1 Å². The highest BCUT2D eigenvalue weighted by Crippen LogP contribution is 2.41. The van der Waals surface area contributed by atoms with E-state index in [9.17, 15) is 32.7 Å². The molecule has 0 spiro atoms. The van der Waals surface area contributed by atoms with Gasteiger partial charge in [0.25, 0.3) is 5.91 Å². The summed E-state index contributed by atoms with van der Waals surface area (Å²) in [6.45, 7) is 8.09. The zero-order valence-corrected chi connectivity index (χ0v) is 22.4. The molecule has 4 atom stereocenters. The number of carbonyl (C=O) groups excluding carboxylic acids is 2. The zero-order valence-electron chi connectivity index (χ0n) is 22.4. The number of likely N-dealkylation sites (tertiary alicyclic amines) is 1. The zero-order chi connectivity index (χ0) is 28.8. The van der Waals surface area contributed by atoms with Crippen molar-refractivity contribution in [2.45, 2.75) is 83.2 Å². The Labute approximate surface area is 224 Å². The largest absolute Gasteiger partial charge is 0.481 e. The highest BCUT2D eigenvalue weighted by atomic mass is 19.4. The van der Waals surface area contributed by atoms with Gasteiger partial charge in [0.2, 0.25) is 5.91 Å². The lowest BCUT2D eigenvalue weighted by atomic mass is 9.68. The van der Waals surface area contributed by atoms with Crippen molar-refractivity contribution in [3.8, 4) is 11.3 Å². The highest BCUT2D eigenvalue weighted by molar-refractivity contribution is 5.96. The Hall–Kier alpha value is -3.34.